The minimum atomic E-state index is -4.56. The van der Waals surface area contributed by atoms with E-state index >= 15 is 0 Å². The van der Waals surface area contributed by atoms with E-state index in [0.717, 1.165) is 11.6 Å². The summed E-state index contributed by atoms with van der Waals surface area (Å²) in [6, 6.07) is 25.7. The first-order chi connectivity index (χ1) is 18.7. The van der Waals surface area contributed by atoms with Gasteiger partial charge in [-0.15, -0.1) is 0 Å². The number of aromatic amines is 1. The van der Waals surface area contributed by atoms with Gasteiger partial charge in [0.05, 0.1) is 34.8 Å². The molecule has 0 fully saturated rings. The summed E-state index contributed by atoms with van der Waals surface area (Å²) < 4.78 is 39.5. The summed E-state index contributed by atoms with van der Waals surface area (Å²) in [7, 11) is 0. The van der Waals surface area contributed by atoms with Crippen LogP contribution in [0.2, 0.25) is 0 Å². The van der Waals surface area contributed by atoms with Gasteiger partial charge in [0.15, 0.2) is 5.69 Å². The Morgan fingerprint density at radius 2 is 1.49 bits per heavy atom. The zero-order valence-electron chi connectivity index (χ0n) is 20.7. The van der Waals surface area contributed by atoms with Gasteiger partial charge in [0.1, 0.15) is 17.1 Å². The maximum absolute atomic E-state index is 13.2. The van der Waals surface area contributed by atoms with E-state index in [1.807, 2.05) is 48.4 Å². The second kappa shape index (κ2) is 10.1. The van der Waals surface area contributed by atoms with Crippen LogP contribution in [0.3, 0.4) is 0 Å². The van der Waals surface area contributed by atoms with E-state index in [1.165, 1.54) is 0 Å². The number of alkyl halides is 3. The number of rotatable bonds is 6. The summed E-state index contributed by atoms with van der Waals surface area (Å²) in [4.78, 5) is 13.2. The third-order valence-corrected chi connectivity index (χ3v) is 6.58. The monoisotopic (exact) mass is 525 g/mol. The van der Waals surface area contributed by atoms with Crippen LogP contribution in [0, 0.1) is 6.57 Å². The lowest BCUT2D eigenvalue weighted by Crippen LogP contribution is -2.29. The predicted octanol–water partition coefficient (Wildman–Crippen LogP) is 7.36. The van der Waals surface area contributed by atoms with Crippen molar-refractivity contribution in [2.45, 2.75) is 24.9 Å². The molecular formula is C30H22F3N5O. The zero-order chi connectivity index (χ0) is 27.6. The molecule has 6 nitrogen and oxygen atoms in total. The van der Waals surface area contributed by atoms with Crippen molar-refractivity contribution < 1.29 is 18.3 Å². The SMILES string of the molecule is [C-]#[N+]c1cccc(-c2cccc(C(C)(Cc3ccccc3O)c3cccc(-c4cc(C(F)(F)F)[nH]n4)n3)n2)c1. The molecule has 39 heavy (non-hydrogen) atoms. The van der Waals surface area contributed by atoms with Crippen LogP contribution in [0.5, 0.6) is 5.75 Å². The molecule has 0 amide bonds. The van der Waals surface area contributed by atoms with Crippen LogP contribution < -0.4 is 0 Å². The quantitative estimate of drug-likeness (QED) is 0.227. The van der Waals surface area contributed by atoms with Crippen LogP contribution in [0.4, 0.5) is 18.9 Å². The number of aromatic hydroxyl groups is 1. The third kappa shape index (κ3) is 5.22. The number of halogens is 3. The molecule has 1 unspecified atom stereocenters. The highest BCUT2D eigenvalue weighted by atomic mass is 19.4. The van der Waals surface area contributed by atoms with E-state index in [2.05, 4.69) is 9.94 Å². The Bertz CT molecular complexity index is 1690. The minimum absolute atomic E-state index is 0.0618. The molecule has 0 aliphatic rings. The highest BCUT2D eigenvalue weighted by Gasteiger charge is 2.35. The largest absolute Gasteiger partial charge is 0.508 e. The number of H-pyrrole nitrogens is 1. The van der Waals surface area contributed by atoms with Crippen molar-refractivity contribution in [3.63, 3.8) is 0 Å². The number of para-hydroxylation sites is 1. The molecule has 194 valence electrons. The normalized spacial score (nSPS) is 13.0. The maximum atomic E-state index is 13.2. The lowest BCUT2D eigenvalue weighted by molar-refractivity contribution is -0.141. The summed E-state index contributed by atoms with van der Waals surface area (Å²) in [5.41, 5.74) is 2.22. The van der Waals surface area contributed by atoms with Crippen LogP contribution >= 0.6 is 0 Å². The summed E-state index contributed by atoms with van der Waals surface area (Å²) in [5.74, 6) is 0.114. The second-order valence-corrected chi connectivity index (χ2v) is 9.28. The average molecular weight is 526 g/mol. The van der Waals surface area contributed by atoms with E-state index in [4.69, 9.17) is 16.5 Å². The van der Waals surface area contributed by atoms with Gasteiger partial charge >= 0.3 is 6.18 Å². The molecule has 0 spiro atoms. The zero-order valence-corrected chi connectivity index (χ0v) is 20.7. The Kier molecular flexibility index (Phi) is 6.62. The molecule has 9 heteroatoms. The molecule has 0 bridgehead atoms. The molecule has 0 radical (unpaired) electrons. The summed E-state index contributed by atoms with van der Waals surface area (Å²) >= 11 is 0. The van der Waals surface area contributed by atoms with Crippen LogP contribution in [0.1, 0.15) is 29.6 Å². The molecule has 5 aromatic rings. The van der Waals surface area contributed by atoms with E-state index in [-0.39, 0.29) is 17.1 Å². The van der Waals surface area contributed by atoms with Gasteiger partial charge in [-0.3, -0.25) is 15.1 Å². The molecule has 0 saturated heterocycles. The molecule has 0 aliphatic carbocycles. The number of aromatic nitrogens is 4. The molecule has 3 aromatic heterocycles. The van der Waals surface area contributed by atoms with Crippen LogP contribution in [-0.4, -0.2) is 25.3 Å². The molecule has 3 heterocycles. The van der Waals surface area contributed by atoms with Crippen LogP contribution in [0.15, 0.2) is 91.0 Å². The van der Waals surface area contributed by atoms with Gasteiger partial charge in [0, 0.05) is 0 Å². The molecule has 0 saturated carbocycles. The highest BCUT2D eigenvalue weighted by molar-refractivity contribution is 5.66. The number of hydrogen-bond acceptors (Lipinski definition) is 4. The van der Waals surface area contributed by atoms with Gasteiger partial charge in [-0.25, -0.2) is 4.85 Å². The van der Waals surface area contributed by atoms with Crippen molar-refractivity contribution in [1.29, 1.82) is 0 Å². The lowest BCUT2D eigenvalue weighted by atomic mass is 9.76. The van der Waals surface area contributed by atoms with Gasteiger partial charge < -0.3 is 5.11 Å². The molecule has 0 aliphatic heterocycles. The maximum Gasteiger partial charge on any atom is 0.432 e. The van der Waals surface area contributed by atoms with Crippen molar-refractivity contribution in [2.24, 2.45) is 0 Å². The number of phenolic OH excluding ortho intramolecular Hbond substituents is 1. The minimum Gasteiger partial charge on any atom is -0.508 e. The number of hydrogen-bond donors (Lipinski definition) is 2. The first-order valence-electron chi connectivity index (χ1n) is 12.0. The first kappa shape index (κ1) is 25.7. The molecule has 2 aromatic carbocycles. The Labute approximate surface area is 222 Å². The molecular weight excluding hydrogens is 503 g/mol. The topological polar surface area (TPSA) is 79.0 Å². The van der Waals surface area contributed by atoms with Crippen molar-refractivity contribution in [3.05, 3.63) is 125 Å². The van der Waals surface area contributed by atoms with Gasteiger partial charge in [0.2, 0.25) is 0 Å². The Morgan fingerprint density at radius 1 is 0.821 bits per heavy atom. The molecule has 5 rings (SSSR count). The van der Waals surface area contributed by atoms with E-state index in [9.17, 15) is 18.3 Å². The summed E-state index contributed by atoms with van der Waals surface area (Å²) in [6.45, 7) is 9.26. The fraction of sp³-hybridized carbons (Fsp3) is 0.133. The van der Waals surface area contributed by atoms with Crippen molar-refractivity contribution in [2.75, 3.05) is 0 Å². The predicted molar refractivity (Wildman–Crippen MR) is 141 cm³/mol. The fourth-order valence-electron chi connectivity index (χ4n) is 4.47. The van der Waals surface area contributed by atoms with Gasteiger partial charge in [-0.2, -0.15) is 18.3 Å². The van der Waals surface area contributed by atoms with Gasteiger partial charge in [0.25, 0.3) is 0 Å². The van der Waals surface area contributed by atoms with Crippen LogP contribution in [0.25, 0.3) is 27.5 Å². The number of nitrogens with zero attached hydrogens (tertiary/aromatic N) is 4. The van der Waals surface area contributed by atoms with Gasteiger partial charge in [-0.05, 0) is 66.9 Å². The van der Waals surface area contributed by atoms with Crippen molar-refractivity contribution in [3.8, 4) is 28.4 Å². The number of pyridine rings is 2. The van der Waals surface area contributed by atoms with Crippen molar-refractivity contribution in [1.82, 2.24) is 20.2 Å². The van der Waals surface area contributed by atoms with Crippen molar-refractivity contribution >= 4 is 5.69 Å². The van der Waals surface area contributed by atoms with Gasteiger partial charge in [-0.1, -0.05) is 48.5 Å². The number of benzene rings is 2. The number of nitrogens with one attached hydrogen (secondary N) is 1. The van der Waals surface area contributed by atoms with E-state index in [0.29, 0.717) is 34.8 Å². The third-order valence-electron chi connectivity index (χ3n) is 6.58. The molecule has 2 N–H and O–H groups in total. The molecule has 1 atom stereocenters. The fourth-order valence-corrected chi connectivity index (χ4v) is 4.47. The summed E-state index contributed by atoms with van der Waals surface area (Å²) in [6.07, 6.45) is -4.25. The standard InChI is InChI=1S/C30H22F3N5O/c1-29(18-20-8-3-4-13-25(20)39,26-14-6-11-22(35-26)19-9-5-10-21(16-19)34-2)27-15-7-12-23(36-27)24-17-28(38-37-24)30(31,32)33/h3-17,39H,18H2,1H3,(H,37,38). The van der Waals surface area contributed by atoms with E-state index < -0.39 is 17.3 Å². The lowest BCUT2D eigenvalue weighted by Gasteiger charge is -2.30. The smallest absolute Gasteiger partial charge is 0.432 e. The average Bonchev–Trinajstić information content (AvgIpc) is 3.46. The second-order valence-electron chi connectivity index (χ2n) is 9.28. The Hall–Kier alpha value is -4.97. The highest BCUT2D eigenvalue weighted by Crippen LogP contribution is 2.38. The first-order valence-corrected chi connectivity index (χ1v) is 12.0. The van der Waals surface area contributed by atoms with E-state index in [1.54, 1.807) is 48.5 Å². The summed E-state index contributed by atoms with van der Waals surface area (Å²) in [5, 5.41) is 16.4. The Balaban J connectivity index is 1.64. The Morgan fingerprint density at radius 3 is 2.15 bits per heavy atom. The van der Waals surface area contributed by atoms with Crippen LogP contribution in [-0.2, 0) is 18.0 Å². The number of phenols is 1.